The van der Waals surface area contributed by atoms with Gasteiger partial charge in [0.05, 0.1) is 17.1 Å². The first kappa shape index (κ1) is 24.6. The van der Waals surface area contributed by atoms with Gasteiger partial charge >= 0.3 is 12.4 Å². The summed E-state index contributed by atoms with van der Waals surface area (Å²) < 4.78 is 55.7. The molecule has 0 aliphatic carbocycles. The summed E-state index contributed by atoms with van der Waals surface area (Å²) in [5.41, 5.74) is 1.73. The number of halogens is 5. The lowest BCUT2D eigenvalue weighted by molar-refractivity contribution is -0.274. The third-order valence-corrected chi connectivity index (χ3v) is 6.09. The molecule has 0 radical (unpaired) electrons. The molecule has 1 aliphatic rings. The van der Waals surface area contributed by atoms with Gasteiger partial charge in [-0.1, -0.05) is 41.9 Å². The number of carbonyl (C=O) groups excluding carboxylic acids is 1. The minimum Gasteiger partial charge on any atom is -0.503 e. The highest BCUT2D eigenvalue weighted by atomic mass is 79.9. The lowest BCUT2D eigenvalue weighted by atomic mass is 9.87. The minimum atomic E-state index is -4.81. The van der Waals surface area contributed by atoms with Crippen molar-refractivity contribution in [1.82, 2.24) is 0 Å². The van der Waals surface area contributed by atoms with Gasteiger partial charge in [0.15, 0.2) is 11.6 Å². The fraction of sp³-hybridized carbons (Fsp3) is 0.208. The number of alkyl halides is 3. The van der Waals surface area contributed by atoms with Crippen LogP contribution in [0.1, 0.15) is 19.4 Å². The van der Waals surface area contributed by atoms with Crippen molar-refractivity contribution < 1.29 is 32.2 Å². The predicted octanol–water partition coefficient (Wildman–Crippen LogP) is 7.27. The van der Waals surface area contributed by atoms with Crippen molar-refractivity contribution in [3.05, 3.63) is 70.5 Å². The zero-order valence-electron chi connectivity index (χ0n) is 18.5. The van der Waals surface area contributed by atoms with E-state index in [4.69, 9.17) is 0 Å². The first-order valence-corrected chi connectivity index (χ1v) is 11.2. The van der Waals surface area contributed by atoms with Gasteiger partial charge in [-0.05, 0) is 42.5 Å². The molecule has 0 atom stereocenters. The van der Waals surface area contributed by atoms with Gasteiger partial charge in [-0.3, -0.25) is 0 Å². The van der Waals surface area contributed by atoms with E-state index in [1.165, 1.54) is 18.2 Å². The maximum absolute atomic E-state index is 14.4. The molecule has 3 aromatic rings. The maximum atomic E-state index is 14.4. The van der Waals surface area contributed by atoms with Crippen LogP contribution in [0.2, 0.25) is 0 Å². The summed E-state index contributed by atoms with van der Waals surface area (Å²) >= 11 is 3.40. The van der Waals surface area contributed by atoms with Crippen LogP contribution in [0.5, 0.6) is 11.5 Å². The standard InChI is InChI=1S/C24H20BrF4N3O3/c1-23(2)12-32(20-19(23)15(25)11-16(26)21(20)33)18-6-4-3-5-17(18)31-22(34)30-13-7-9-14(10-8-13)35-24(27,28)29/h3-11,33H,12H2,1-2H3,(H2,30,31,34). The predicted molar refractivity (Wildman–Crippen MR) is 128 cm³/mol. The molecule has 0 aromatic heterocycles. The second kappa shape index (κ2) is 8.95. The molecule has 4 rings (SSSR count). The lowest BCUT2D eigenvalue weighted by Crippen LogP contribution is -2.27. The largest absolute Gasteiger partial charge is 0.573 e. The third-order valence-electron chi connectivity index (χ3n) is 5.47. The van der Waals surface area contributed by atoms with Gasteiger partial charge in [0.2, 0.25) is 0 Å². The van der Waals surface area contributed by atoms with Crippen molar-refractivity contribution in [3.63, 3.8) is 0 Å². The van der Waals surface area contributed by atoms with E-state index in [0.29, 0.717) is 28.1 Å². The Bertz CT molecular complexity index is 1280. The van der Waals surface area contributed by atoms with Gasteiger partial charge in [0.25, 0.3) is 0 Å². The highest BCUT2D eigenvalue weighted by Gasteiger charge is 2.41. The molecule has 3 N–H and O–H groups in total. The van der Waals surface area contributed by atoms with Gasteiger partial charge in [0.1, 0.15) is 5.75 Å². The molecule has 1 heterocycles. The molecule has 0 spiro atoms. The van der Waals surface area contributed by atoms with Gasteiger partial charge in [-0.2, -0.15) is 0 Å². The number of urea groups is 1. The van der Waals surface area contributed by atoms with Crippen LogP contribution in [-0.2, 0) is 5.41 Å². The molecule has 3 aromatic carbocycles. The lowest BCUT2D eigenvalue weighted by Gasteiger charge is -2.25. The molecular formula is C24H20BrF4N3O3. The smallest absolute Gasteiger partial charge is 0.503 e. The Kier molecular flexibility index (Phi) is 6.31. The highest BCUT2D eigenvalue weighted by Crippen LogP contribution is 2.53. The first-order chi connectivity index (χ1) is 16.4. The van der Waals surface area contributed by atoms with Crippen molar-refractivity contribution in [2.24, 2.45) is 0 Å². The van der Waals surface area contributed by atoms with Crippen LogP contribution in [0, 0.1) is 5.82 Å². The van der Waals surface area contributed by atoms with Crippen LogP contribution in [0.15, 0.2) is 59.1 Å². The molecule has 11 heteroatoms. The Morgan fingerprint density at radius 2 is 1.77 bits per heavy atom. The third kappa shape index (κ3) is 5.14. The molecule has 0 saturated carbocycles. The summed E-state index contributed by atoms with van der Waals surface area (Å²) in [6.07, 6.45) is -4.81. The molecule has 2 amide bonds. The zero-order chi connectivity index (χ0) is 25.5. The van der Waals surface area contributed by atoms with Gasteiger partial charge in [0, 0.05) is 27.7 Å². The summed E-state index contributed by atoms with van der Waals surface area (Å²) in [6.45, 7) is 4.32. The van der Waals surface area contributed by atoms with E-state index in [0.717, 1.165) is 17.7 Å². The summed E-state index contributed by atoms with van der Waals surface area (Å²) in [4.78, 5) is 14.4. The van der Waals surface area contributed by atoms with Crippen LogP contribution < -0.4 is 20.3 Å². The normalized spacial score (nSPS) is 14.4. The quantitative estimate of drug-likeness (QED) is 0.297. The van der Waals surface area contributed by atoms with Crippen LogP contribution in [0.3, 0.4) is 0 Å². The Labute approximate surface area is 206 Å². The number of hydrogen-bond acceptors (Lipinski definition) is 4. The molecule has 0 fully saturated rings. The summed E-state index contributed by atoms with van der Waals surface area (Å²) in [7, 11) is 0. The van der Waals surface area contributed by atoms with E-state index < -0.39 is 35.1 Å². The minimum absolute atomic E-state index is 0.241. The summed E-state index contributed by atoms with van der Waals surface area (Å²) in [6, 6.07) is 12.1. The monoisotopic (exact) mass is 553 g/mol. The van der Waals surface area contributed by atoms with Gasteiger partial charge < -0.3 is 25.4 Å². The molecule has 184 valence electrons. The molecule has 1 aliphatic heterocycles. The van der Waals surface area contributed by atoms with Gasteiger partial charge in [-0.15, -0.1) is 13.2 Å². The molecule has 0 unspecified atom stereocenters. The second-order valence-corrected chi connectivity index (χ2v) is 9.41. The van der Waals surface area contributed by atoms with Crippen LogP contribution in [-0.4, -0.2) is 24.0 Å². The van der Waals surface area contributed by atoms with E-state index in [2.05, 4.69) is 31.3 Å². The van der Waals surface area contributed by atoms with Gasteiger partial charge in [-0.25, -0.2) is 9.18 Å². The number of rotatable bonds is 4. The Morgan fingerprint density at radius 3 is 2.43 bits per heavy atom. The van der Waals surface area contributed by atoms with Crippen LogP contribution >= 0.6 is 15.9 Å². The average Bonchev–Trinajstić information content (AvgIpc) is 3.04. The zero-order valence-corrected chi connectivity index (χ0v) is 20.1. The van der Waals surface area contributed by atoms with Crippen molar-refractivity contribution in [1.29, 1.82) is 0 Å². The van der Waals surface area contributed by atoms with Crippen molar-refractivity contribution in [3.8, 4) is 11.5 Å². The number of nitrogens with zero attached hydrogens (tertiary/aromatic N) is 1. The number of amides is 2. The molecule has 6 nitrogen and oxygen atoms in total. The number of phenols is 1. The SMILES string of the molecule is CC1(C)CN(c2ccccc2NC(=O)Nc2ccc(OC(F)(F)F)cc2)c2c(O)c(F)cc(Br)c21. The number of para-hydroxylation sites is 2. The van der Waals surface area contributed by atoms with E-state index in [9.17, 15) is 27.5 Å². The number of anilines is 4. The fourth-order valence-electron chi connectivity index (χ4n) is 4.10. The van der Waals surface area contributed by atoms with Crippen LogP contribution in [0.25, 0.3) is 0 Å². The Balaban J connectivity index is 1.58. The number of aromatic hydroxyl groups is 1. The van der Waals surface area contributed by atoms with Crippen LogP contribution in [0.4, 0.5) is 45.1 Å². The number of nitrogens with one attached hydrogen (secondary N) is 2. The van der Waals surface area contributed by atoms with E-state index >= 15 is 0 Å². The summed E-state index contributed by atoms with van der Waals surface area (Å²) in [5.74, 6) is -1.68. The first-order valence-electron chi connectivity index (χ1n) is 10.4. The number of carbonyl (C=O) groups is 1. The van der Waals surface area contributed by atoms with Crippen molar-refractivity contribution >= 4 is 44.7 Å². The maximum Gasteiger partial charge on any atom is 0.573 e. The van der Waals surface area contributed by atoms with Crippen molar-refractivity contribution in [2.45, 2.75) is 25.6 Å². The van der Waals surface area contributed by atoms with E-state index in [1.807, 2.05) is 13.8 Å². The molecule has 35 heavy (non-hydrogen) atoms. The number of ether oxygens (including phenoxy) is 1. The molecule has 0 bridgehead atoms. The molecule has 0 saturated heterocycles. The Hall–Kier alpha value is -3.47. The fourth-order valence-corrected chi connectivity index (χ4v) is 5.03. The Morgan fingerprint density at radius 1 is 1.11 bits per heavy atom. The molecular weight excluding hydrogens is 534 g/mol. The number of phenolic OH excluding ortho intramolecular Hbond substituents is 1. The number of benzene rings is 3. The summed E-state index contributed by atoms with van der Waals surface area (Å²) in [5, 5.41) is 15.8. The second-order valence-electron chi connectivity index (χ2n) is 8.55. The van der Waals surface area contributed by atoms with E-state index in [1.54, 1.807) is 29.2 Å². The average molecular weight is 554 g/mol. The number of hydrogen-bond donors (Lipinski definition) is 3. The number of fused-ring (bicyclic) bond motifs is 1. The van der Waals surface area contributed by atoms with E-state index in [-0.39, 0.29) is 5.69 Å². The van der Waals surface area contributed by atoms with Crippen molar-refractivity contribution in [2.75, 3.05) is 22.1 Å². The topological polar surface area (TPSA) is 73.8 Å². The highest BCUT2D eigenvalue weighted by molar-refractivity contribution is 9.10.